The van der Waals surface area contributed by atoms with Crippen LogP contribution < -0.4 is 20.8 Å². The first-order chi connectivity index (χ1) is 15.5. The van der Waals surface area contributed by atoms with E-state index < -0.39 is 0 Å². The molecule has 4 rings (SSSR count). The van der Waals surface area contributed by atoms with Crippen molar-refractivity contribution in [3.63, 3.8) is 0 Å². The molecule has 0 unspecified atom stereocenters. The summed E-state index contributed by atoms with van der Waals surface area (Å²) in [5.41, 5.74) is 3.14. The van der Waals surface area contributed by atoms with Crippen LogP contribution in [-0.2, 0) is 24.1 Å². The number of amides is 1. The standard InChI is InChI=1S/C23H31N5O3S/c1-26-12-14-27(15-13-26)28-20-5-3-4-19(20)22(25-23(28)30)32-16-21(29)24-11-10-17-6-8-18(31-2)9-7-17/h6-9H,3-5,10-16H2,1-2H3,(H,24,29). The van der Waals surface area contributed by atoms with Crippen molar-refractivity contribution >= 4 is 17.7 Å². The number of rotatable bonds is 8. The number of piperazine rings is 1. The first-order valence-corrected chi connectivity index (χ1v) is 12.1. The first kappa shape index (κ1) is 22.7. The average molecular weight is 458 g/mol. The van der Waals surface area contributed by atoms with Crippen LogP contribution in [0, 0.1) is 0 Å². The Morgan fingerprint density at radius 2 is 1.91 bits per heavy atom. The molecule has 0 spiro atoms. The summed E-state index contributed by atoms with van der Waals surface area (Å²) in [4.78, 5) is 31.9. The lowest BCUT2D eigenvalue weighted by Gasteiger charge is -2.35. The maximum absolute atomic E-state index is 12.9. The van der Waals surface area contributed by atoms with Gasteiger partial charge in [-0.05, 0) is 50.4 Å². The lowest BCUT2D eigenvalue weighted by Crippen LogP contribution is -2.54. The van der Waals surface area contributed by atoms with Crippen LogP contribution in [0.15, 0.2) is 34.1 Å². The van der Waals surface area contributed by atoms with Gasteiger partial charge in [-0.3, -0.25) is 4.79 Å². The second kappa shape index (κ2) is 10.4. The zero-order valence-electron chi connectivity index (χ0n) is 18.8. The molecule has 2 aromatic rings. The Morgan fingerprint density at radius 1 is 1.16 bits per heavy atom. The number of carbonyl (C=O) groups excluding carboxylic acids is 1. The van der Waals surface area contributed by atoms with Crippen molar-refractivity contribution in [2.75, 3.05) is 57.6 Å². The first-order valence-electron chi connectivity index (χ1n) is 11.2. The van der Waals surface area contributed by atoms with Gasteiger partial charge in [0.1, 0.15) is 10.8 Å². The number of methoxy groups -OCH3 is 1. The van der Waals surface area contributed by atoms with Gasteiger partial charge in [-0.2, -0.15) is 4.98 Å². The Bertz CT molecular complexity index is 1000. The molecule has 0 atom stereocenters. The number of aromatic nitrogens is 2. The summed E-state index contributed by atoms with van der Waals surface area (Å²) in [7, 11) is 3.75. The quantitative estimate of drug-likeness (QED) is 0.469. The summed E-state index contributed by atoms with van der Waals surface area (Å²) in [6.45, 7) is 4.10. The molecular weight excluding hydrogens is 426 g/mol. The van der Waals surface area contributed by atoms with Crippen molar-refractivity contribution in [2.24, 2.45) is 0 Å². The molecular formula is C23H31N5O3S. The van der Waals surface area contributed by atoms with Crippen LogP contribution in [0.4, 0.5) is 0 Å². The van der Waals surface area contributed by atoms with Crippen molar-refractivity contribution < 1.29 is 9.53 Å². The number of likely N-dealkylation sites (N-methyl/N-ethyl adjacent to an activating group) is 1. The summed E-state index contributed by atoms with van der Waals surface area (Å²) in [6.07, 6.45) is 3.59. The number of ether oxygens (including phenoxy) is 1. The molecule has 1 fully saturated rings. The second-order valence-corrected chi connectivity index (χ2v) is 9.25. The van der Waals surface area contributed by atoms with E-state index in [0.717, 1.165) is 79.5 Å². The van der Waals surface area contributed by atoms with Crippen LogP contribution in [-0.4, -0.2) is 73.1 Å². The van der Waals surface area contributed by atoms with Crippen molar-refractivity contribution in [1.29, 1.82) is 0 Å². The number of nitrogens with zero attached hydrogens (tertiary/aromatic N) is 4. The van der Waals surface area contributed by atoms with Gasteiger partial charge in [0.25, 0.3) is 0 Å². The zero-order valence-corrected chi connectivity index (χ0v) is 19.6. The molecule has 0 saturated carbocycles. The molecule has 1 N–H and O–H groups in total. The van der Waals surface area contributed by atoms with Gasteiger partial charge in [0.2, 0.25) is 5.91 Å². The molecule has 0 radical (unpaired) electrons. The molecule has 0 bridgehead atoms. The third kappa shape index (κ3) is 5.27. The van der Waals surface area contributed by atoms with E-state index in [1.54, 1.807) is 11.8 Å². The van der Waals surface area contributed by atoms with Gasteiger partial charge in [-0.25, -0.2) is 9.47 Å². The molecule has 1 saturated heterocycles. The van der Waals surface area contributed by atoms with Gasteiger partial charge in [0.05, 0.1) is 18.6 Å². The number of nitrogens with one attached hydrogen (secondary N) is 1. The minimum absolute atomic E-state index is 0.0414. The van der Waals surface area contributed by atoms with Crippen LogP contribution in [0.25, 0.3) is 0 Å². The van der Waals surface area contributed by atoms with Crippen LogP contribution in [0.5, 0.6) is 5.75 Å². The molecule has 1 amide bonds. The molecule has 1 aromatic heterocycles. The van der Waals surface area contributed by atoms with Gasteiger partial charge in [0, 0.05) is 38.3 Å². The summed E-state index contributed by atoms with van der Waals surface area (Å²) in [6, 6.07) is 7.85. The van der Waals surface area contributed by atoms with E-state index in [9.17, 15) is 9.59 Å². The molecule has 1 aliphatic carbocycles. The number of benzene rings is 1. The lowest BCUT2D eigenvalue weighted by atomic mass is 10.1. The van der Waals surface area contributed by atoms with Crippen molar-refractivity contribution in [2.45, 2.75) is 30.7 Å². The number of hydrogen-bond donors (Lipinski definition) is 1. The van der Waals surface area contributed by atoms with E-state index in [1.807, 2.05) is 24.3 Å². The zero-order chi connectivity index (χ0) is 22.5. The summed E-state index contributed by atoms with van der Waals surface area (Å²) < 4.78 is 6.97. The molecule has 2 aliphatic rings. The fourth-order valence-electron chi connectivity index (χ4n) is 4.24. The smallest absolute Gasteiger partial charge is 0.367 e. The topological polar surface area (TPSA) is 79.7 Å². The third-order valence-electron chi connectivity index (χ3n) is 6.08. The molecule has 172 valence electrons. The number of hydrogen-bond acceptors (Lipinski definition) is 7. The van der Waals surface area contributed by atoms with Gasteiger partial charge < -0.3 is 20.0 Å². The fourth-order valence-corrected chi connectivity index (χ4v) is 5.15. The molecule has 2 heterocycles. The monoisotopic (exact) mass is 457 g/mol. The molecule has 9 heteroatoms. The average Bonchev–Trinajstić information content (AvgIpc) is 3.28. The molecule has 8 nitrogen and oxygen atoms in total. The number of thioether (sulfide) groups is 1. The summed E-state index contributed by atoms with van der Waals surface area (Å²) in [5.74, 6) is 1.05. The van der Waals surface area contributed by atoms with Crippen LogP contribution in [0.3, 0.4) is 0 Å². The highest BCUT2D eigenvalue weighted by Gasteiger charge is 2.26. The van der Waals surface area contributed by atoms with Crippen LogP contribution in [0.1, 0.15) is 23.2 Å². The van der Waals surface area contributed by atoms with Crippen LogP contribution in [0.2, 0.25) is 0 Å². The Morgan fingerprint density at radius 3 is 2.62 bits per heavy atom. The van der Waals surface area contributed by atoms with Gasteiger partial charge in [0.15, 0.2) is 0 Å². The highest BCUT2D eigenvalue weighted by atomic mass is 32.2. The van der Waals surface area contributed by atoms with E-state index >= 15 is 0 Å². The van der Waals surface area contributed by atoms with E-state index in [0.29, 0.717) is 6.54 Å². The molecule has 32 heavy (non-hydrogen) atoms. The Kier molecular flexibility index (Phi) is 7.36. The maximum atomic E-state index is 12.9. The fraction of sp³-hybridized carbons (Fsp3) is 0.522. The predicted octanol–water partition coefficient (Wildman–Crippen LogP) is 1.08. The van der Waals surface area contributed by atoms with Gasteiger partial charge in [-0.15, -0.1) is 0 Å². The van der Waals surface area contributed by atoms with Gasteiger partial charge in [-0.1, -0.05) is 23.9 Å². The highest BCUT2D eigenvalue weighted by molar-refractivity contribution is 7.99. The highest BCUT2D eigenvalue weighted by Crippen LogP contribution is 2.29. The third-order valence-corrected chi connectivity index (χ3v) is 7.10. The van der Waals surface area contributed by atoms with E-state index in [2.05, 4.69) is 27.3 Å². The van der Waals surface area contributed by atoms with Gasteiger partial charge >= 0.3 is 5.69 Å². The molecule has 1 aromatic carbocycles. The largest absolute Gasteiger partial charge is 0.497 e. The minimum atomic E-state index is -0.224. The summed E-state index contributed by atoms with van der Waals surface area (Å²) in [5, 5.41) is 5.81. The normalized spacial score (nSPS) is 16.1. The lowest BCUT2D eigenvalue weighted by molar-refractivity contribution is -0.118. The Balaban J connectivity index is 1.34. The minimum Gasteiger partial charge on any atom is -0.497 e. The second-order valence-electron chi connectivity index (χ2n) is 8.28. The maximum Gasteiger partial charge on any atom is 0.367 e. The number of carbonyl (C=O) groups is 1. The Hall–Kier alpha value is -2.52. The van der Waals surface area contributed by atoms with Crippen molar-refractivity contribution in [1.82, 2.24) is 19.9 Å². The van der Waals surface area contributed by atoms with E-state index in [4.69, 9.17) is 4.74 Å². The van der Waals surface area contributed by atoms with Crippen molar-refractivity contribution in [3.8, 4) is 5.75 Å². The van der Waals surface area contributed by atoms with E-state index in [1.165, 1.54) is 11.8 Å². The van der Waals surface area contributed by atoms with E-state index in [-0.39, 0.29) is 17.3 Å². The van der Waals surface area contributed by atoms with Crippen molar-refractivity contribution in [3.05, 3.63) is 51.6 Å². The Labute approximate surface area is 192 Å². The van der Waals surface area contributed by atoms with Crippen LogP contribution >= 0.6 is 11.8 Å². The summed E-state index contributed by atoms with van der Waals surface area (Å²) >= 11 is 1.38. The SMILES string of the molecule is COc1ccc(CCNC(=O)CSc2nc(=O)n(N3CCN(C)CC3)c3c2CCC3)cc1. The number of fused-ring (bicyclic) bond motifs is 1. The predicted molar refractivity (Wildman–Crippen MR) is 126 cm³/mol. The molecule has 1 aliphatic heterocycles.